The molecule has 0 aliphatic rings. The van der Waals surface area contributed by atoms with Crippen molar-refractivity contribution in [1.29, 1.82) is 0 Å². The third-order valence-electron chi connectivity index (χ3n) is 4.80. The molecule has 4 rings (SSSR count). The summed E-state index contributed by atoms with van der Waals surface area (Å²) in [4.78, 5) is 12.4. The zero-order valence-electron chi connectivity index (χ0n) is 17.6. The van der Waals surface area contributed by atoms with Crippen molar-refractivity contribution in [2.75, 3.05) is 11.1 Å². The number of rotatable bonds is 7. The molecule has 1 heterocycles. The van der Waals surface area contributed by atoms with E-state index < -0.39 is 23.5 Å². The lowest BCUT2D eigenvalue weighted by atomic mass is 10.1. The molecule has 0 saturated carbocycles. The van der Waals surface area contributed by atoms with Crippen LogP contribution in [0.25, 0.3) is 5.69 Å². The van der Waals surface area contributed by atoms with E-state index >= 15 is 0 Å². The fourth-order valence-electron chi connectivity index (χ4n) is 3.24. The van der Waals surface area contributed by atoms with E-state index in [0.717, 1.165) is 29.5 Å². The molecule has 0 aliphatic heterocycles. The number of hydrogen-bond acceptors (Lipinski definition) is 4. The van der Waals surface area contributed by atoms with Crippen molar-refractivity contribution in [2.24, 2.45) is 0 Å². The molecular weight excluding hydrogens is 468 g/mol. The first-order valence-corrected chi connectivity index (χ1v) is 11.1. The number of nitrogens with zero attached hydrogens (tertiary/aromatic N) is 3. The van der Waals surface area contributed by atoms with Crippen LogP contribution in [0.3, 0.4) is 0 Å². The quantitative estimate of drug-likeness (QED) is 0.267. The summed E-state index contributed by atoms with van der Waals surface area (Å²) in [6.45, 7) is 0. The van der Waals surface area contributed by atoms with Crippen LogP contribution < -0.4 is 5.32 Å². The molecule has 3 aromatic carbocycles. The minimum absolute atomic E-state index is 0.0465. The number of benzene rings is 3. The molecule has 4 aromatic rings. The molecule has 5 nitrogen and oxygen atoms in total. The van der Waals surface area contributed by atoms with Crippen LogP contribution in [0.4, 0.5) is 23.2 Å². The molecule has 1 amide bonds. The van der Waals surface area contributed by atoms with Crippen molar-refractivity contribution in [3.63, 3.8) is 0 Å². The normalized spacial score (nSPS) is 11.4. The number of halogens is 4. The van der Waals surface area contributed by atoms with E-state index in [2.05, 4.69) is 15.5 Å². The van der Waals surface area contributed by atoms with Gasteiger partial charge in [-0.05, 0) is 48.0 Å². The summed E-state index contributed by atoms with van der Waals surface area (Å²) in [6, 6.07) is 19.8. The minimum Gasteiger partial charge on any atom is -0.325 e. The predicted molar refractivity (Wildman–Crippen MR) is 121 cm³/mol. The van der Waals surface area contributed by atoms with Gasteiger partial charge in [0.2, 0.25) is 5.91 Å². The lowest BCUT2D eigenvalue weighted by molar-refractivity contribution is -0.137. The van der Waals surface area contributed by atoms with Gasteiger partial charge in [0.1, 0.15) is 11.6 Å². The number of thioether (sulfide) groups is 1. The lowest BCUT2D eigenvalue weighted by Crippen LogP contribution is -2.15. The Balaban J connectivity index is 1.52. The van der Waals surface area contributed by atoms with Gasteiger partial charge in [0.15, 0.2) is 5.16 Å². The van der Waals surface area contributed by atoms with Gasteiger partial charge in [-0.25, -0.2) is 4.39 Å². The zero-order chi connectivity index (χ0) is 24.1. The van der Waals surface area contributed by atoms with Crippen LogP contribution in [0.2, 0.25) is 0 Å². The Kier molecular flexibility index (Phi) is 6.97. The molecule has 1 N–H and O–H groups in total. The third kappa shape index (κ3) is 5.82. The van der Waals surface area contributed by atoms with Crippen molar-refractivity contribution in [3.05, 3.63) is 102 Å². The summed E-state index contributed by atoms with van der Waals surface area (Å²) in [5, 5.41) is 11.3. The maximum atomic E-state index is 13.5. The molecule has 0 aliphatic carbocycles. The SMILES string of the molecule is O=C(CSc1nnc(Cc2ccccc2)n1-c1ccc(F)cc1)Nc1cccc(C(F)(F)F)c1. The van der Waals surface area contributed by atoms with Gasteiger partial charge in [0, 0.05) is 17.8 Å². The standard InChI is InChI=1S/C24H18F4N4OS/c25-18-9-11-20(12-10-18)32-21(13-16-5-2-1-3-6-16)30-31-23(32)34-15-22(33)29-19-8-4-7-17(14-19)24(26,27)28/h1-12,14H,13,15H2,(H,29,33). The van der Waals surface area contributed by atoms with Crippen molar-refractivity contribution >= 4 is 23.4 Å². The summed E-state index contributed by atoms with van der Waals surface area (Å²) in [6.07, 6.45) is -4.04. The number of alkyl halides is 3. The topological polar surface area (TPSA) is 59.8 Å². The highest BCUT2D eigenvalue weighted by Crippen LogP contribution is 2.31. The highest BCUT2D eigenvalue weighted by Gasteiger charge is 2.30. The number of carbonyl (C=O) groups excluding carboxylic acids is 1. The molecular formula is C24H18F4N4OS. The third-order valence-corrected chi connectivity index (χ3v) is 5.73. The minimum atomic E-state index is -4.50. The van der Waals surface area contributed by atoms with Gasteiger partial charge in [-0.2, -0.15) is 13.2 Å². The number of amides is 1. The molecule has 174 valence electrons. The van der Waals surface area contributed by atoms with Crippen molar-refractivity contribution in [1.82, 2.24) is 14.8 Å². The van der Waals surface area contributed by atoms with E-state index in [4.69, 9.17) is 0 Å². The summed E-state index contributed by atoms with van der Waals surface area (Å²) in [7, 11) is 0. The Labute approximate surface area is 196 Å². The Hall–Kier alpha value is -3.66. The first-order chi connectivity index (χ1) is 16.3. The monoisotopic (exact) mass is 486 g/mol. The summed E-state index contributed by atoms with van der Waals surface area (Å²) in [5.41, 5.74) is 0.819. The largest absolute Gasteiger partial charge is 0.416 e. The second kappa shape index (κ2) is 10.1. The predicted octanol–water partition coefficient (Wildman–Crippen LogP) is 5.75. The van der Waals surface area contributed by atoms with Crippen molar-refractivity contribution < 1.29 is 22.4 Å². The lowest BCUT2D eigenvalue weighted by Gasteiger charge is -2.11. The number of hydrogen-bond donors (Lipinski definition) is 1. The Bertz CT molecular complexity index is 1270. The van der Waals surface area contributed by atoms with E-state index in [0.29, 0.717) is 23.1 Å². The average Bonchev–Trinajstić information content (AvgIpc) is 3.21. The van der Waals surface area contributed by atoms with Gasteiger partial charge in [-0.1, -0.05) is 48.2 Å². The molecule has 34 heavy (non-hydrogen) atoms. The summed E-state index contributed by atoms with van der Waals surface area (Å²) in [5.74, 6) is -0.404. The van der Waals surface area contributed by atoms with E-state index in [1.807, 2.05) is 30.3 Å². The Morgan fingerprint density at radius 1 is 0.941 bits per heavy atom. The van der Waals surface area contributed by atoms with Gasteiger partial charge < -0.3 is 5.32 Å². The number of anilines is 1. The van der Waals surface area contributed by atoms with Crippen LogP contribution >= 0.6 is 11.8 Å². The van der Waals surface area contributed by atoms with Crippen LogP contribution in [0.1, 0.15) is 17.0 Å². The number of carbonyl (C=O) groups is 1. The van der Waals surface area contributed by atoms with Crippen LogP contribution in [0.5, 0.6) is 0 Å². The van der Waals surface area contributed by atoms with Crippen LogP contribution in [0, 0.1) is 5.82 Å². The van der Waals surface area contributed by atoms with Gasteiger partial charge in [0.05, 0.1) is 11.3 Å². The molecule has 0 unspecified atom stereocenters. The highest BCUT2D eigenvalue weighted by molar-refractivity contribution is 7.99. The molecule has 0 fully saturated rings. The molecule has 0 atom stereocenters. The van der Waals surface area contributed by atoms with E-state index in [9.17, 15) is 22.4 Å². The van der Waals surface area contributed by atoms with Crippen LogP contribution in [-0.2, 0) is 17.4 Å². The molecule has 1 aromatic heterocycles. The molecule has 0 bridgehead atoms. The maximum absolute atomic E-state index is 13.5. The van der Waals surface area contributed by atoms with E-state index in [-0.39, 0.29) is 11.4 Å². The van der Waals surface area contributed by atoms with E-state index in [1.54, 1.807) is 16.7 Å². The Morgan fingerprint density at radius 3 is 2.38 bits per heavy atom. The fraction of sp³-hybridized carbons (Fsp3) is 0.125. The summed E-state index contributed by atoms with van der Waals surface area (Å²) >= 11 is 1.08. The van der Waals surface area contributed by atoms with Gasteiger partial charge in [-0.15, -0.1) is 10.2 Å². The molecule has 0 spiro atoms. The maximum Gasteiger partial charge on any atom is 0.416 e. The average molecular weight is 486 g/mol. The number of aromatic nitrogens is 3. The van der Waals surface area contributed by atoms with Crippen LogP contribution in [0.15, 0.2) is 84.0 Å². The first-order valence-electron chi connectivity index (χ1n) is 10.1. The zero-order valence-corrected chi connectivity index (χ0v) is 18.4. The van der Waals surface area contributed by atoms with Crippen LogP contribution in [-0.4, -0.2) is 26.4 Å². The number of nitrogens with one attached hydrogen (secondary N) is 1. The fourth-order valence-corrected chi connectivity index (χ4v) is 4.01. The van der Waals surface area contributed by atoms with E-state index in [1.165, 1.54) is 24.3 Å². The van der Waals surface area contributed by atoms with Gasteiger partial charge in [0.25, 0.3) is 0 Å². The smallest absolute Gasteiger partial charge is 0.325 e. The highest BCUT2D eigenvalue weighted by atomic mass is 32.2. The second-order valence-corrected chi connectivity index (χ2v) is 8.23. The molecule has 10 heteroatoms. The summed E-state index contributed by atoms with van der Waals surface area (Å²) < 4.78 is 53.9. The second-order valence-electron chi connectivity index (χ2n) is 7.29. The Morgan fingerprint density at radius 2 is 1.68 bits per heavy atom. The molecule has 0 radical (unpaired) electrons. The van der Waals surface area contributed by atoms with Crippen molar-refractivity contribution in [3.8, 4) is 5.69 Å². The van der Waals surface area contributed by atoms with Gasteiger partial charge >= 0.3 is 6.18 Å². The van der Waals surface area contributed by atoms with Gasteiger partial charge in [-0.3, -0.25) is 9.36 Å². The first kappa shape index (κ1) is 23.5. The molecule has 0 saturated heterocycles. The van der Waals surface area contributed by atoms with Crippen molar-refractivity contribution in [2.45, 2.75) is 17.8 Å².